The summed E-state index contributed by atoms with van der Waals surface area (Å²) < 4.78 is 0. The van der Waals surface area contributed by atoms with E-state index in [1.165, 1.54) is 182 Å². The van der Waals surface area contributed by atoms with Crippen LogP contribution in [-0.4, -0.2) is 12.3 Å². The molecule has 2 atom stereocenters. The van der Waals surface area contributed by atoms with Crippen molar-refractivity contribution in [3.63, 3.8) is 0 Å². The minimum Gasteiger partial charge on any atom is -0.334 e. The molecule has 7 aromatic rings. The van der Waals surface area contributed by atoms with Crippen LogP contribution in [0.25, 0.3) is 0 Å². The molecule has 2 unspecified atom stereocenters. The number of fused-ring (bicyclic) bond motifs is 11. The third-order valence-corrected chi connectivity index (χ3v) is 25.2. The van der Waals surface area contributed by atoms with E-state index in [-0.39, 0.29) is 61.0 Å². The summed E-state index contributed by atoms with van der Waals surface area (Å²) in [6.07, 6.45) is 14.1. The van der Waals surface area contributed by atoms with Crippen LogP contribution in [0.5, 0.6) is 0 Å². The second-order valence-electron chi connectivity index (χ2n) is 34.1. The zero-order chi connectivity index (χ0) is 59.8. The van der Waals surface area contributed by atoms with Gasteiger partial charge in [0.25, 0.3) is 6.71 Å². The Morgan fingerprint density at radius 1 is 0.294 bits per heavy atom. The number of rotatable bonds is 4. The molecule has 8 aliphatic rings. The molecule has 85 heavy (non-hydrogen) atoms. The Morgan fingerprint density at radius 3 is 1.12 bits per heavy atom. The fourth-order valence-corrected chi connectivity index (χ4v) is 19.3. The van der Waals surface area contributed by atoms with Gasteiger partial charge >= 0.3 is 0 Å². The summed E-state index contributed by atoms with van der Waals surface area (Å²) in [4.78, 5) is 8.55. The van der Waals surface area contributed by atoms with Gasteiger partial charge in [0, 0.05) is 50.9 Å². The van der Waals surface area contributed by atoms with Crippen molar-refractivity contribution in [2.24, 2.45) is 0 Å². The number of para-hydroxylation sites is 1. The van der Waals surface area contributed by atoms with E-state index in [0.717, 1.165) is 12.8 Å². The highest BCUT2D eigenvalue weighted by Crippen LogP contribution is 2.65. The highest BCUT2D eigenvalue weighted by atomic mass is 15.3. The van der Waals surface area contributed by atoms with Gasteiger partial charge < -0.3 is 14.7 Å². The van der Waals surface area contributed by atoms with Crippen molar-refractivity contribution >= 4 is 68.6 Å². The monoisotopic (exact) mass is 1120 g/mol. The van der Waals surface area contributed by atoms with Crippen molar-refractivity contribution < 1.29 is 0 Å². The minimum atomic E-state index is -0.252. The molecule has 0 N–H and O–H groups in total. The van der Waals surface area contributed by atoms with E-state index >= 15 is 0 Å². The van der Waals surface area contributed by atoms with Crippen LogP contribution in [0.1, 0.15) is 250 Å². The molecule has 7 aromatic carbocycles. The van der Waals surface area contributed by atoms with Crippen LogP contribution in [0.15, 0.2) is 127 Å². The van der Waals surface area contributed by atoms with E-state index in [4.69, 9.17) is 0 Å². The van der Waals surface area contributed by atoms with E-state index in [1.807, 2.05) is 0 Å². The number of benzene rings is 7. The van der Waals surface area contributed by atoms with E-state index in [9.17, 15) is 0 Å². The molecule has 15 rings (SSSR count). The molecule has 0 spiro atoms. The van der Waals surface area contributed by atoms with E-state index in [1.54, 1.807) is 0 Å². The van der Waals surface area contributed by atoms with Crippen LogP contribution in [0, 0.1) is 0 Å². The molecule has 1 fully saturated rings. The fraction of sp³-hybridized carbons (Fsp3) is 0.481. The van der Waals surface area contributed by atoms with Crippen molar-refractivity contribution in [1.29, 1.82) is 0 Å². The molecule has 438 valence electrons. The van der Waals surface area contributed by atoms with Crippen LogP contribution in [0.2, 0.25) is 0 Å². The fourth-order valence-electron chi connectivity index (χ4n) is 19.3. The Labute approximate surface area is 512 Å². The first-order valence-electron chi connectivity index (χ1n) is 33.3. The van der Waals surface area contributed by atoms with Crippen LogP contribution in [0.4, 0.5) is 45.5 Å². The Balaban J connectivity index is 1.12. The second-order valence-corrected chi connectivity index (χ2v) is 34.1. The first-order valence-corrected chi connectivity index (χ1v) is 33.3. The first-order chi connectivity index (χ1) is 39.9. The van der Waals surface area contributed by atoms with E-state index in [0.29, 0.717) is 0 Å². The Bertz CT molecular complexity index is 3780. The summed E-state index contributed by atoms with van der Waals surface area (Å²) in [5.74, 6) is 0. The molecule has 0 aromatic heterocycles. The molecule has 3 heterocycles. The van der Waals surface area contributed by atoms with Gasteiger partial charge in [0.15, 0.2) is 0 Å². The quantitative estimate of drug-likeness (QED) is 0.163. The highest BCUT2D eigenvalue weighted by molar-refractivity contribution is 7.00. The number of anilines is 8. The number of hydrogen-bond acceptors (Lipinski definition) is 3. The zero-order valence-electron chi connectivity index (χ0n) is 55.0. The minimum absolute atomic E-state index is 0.00521. The third-order valence-electron chi connectivity index (χ3n) is 25.2. The van der Waals surface area contributed by atoms with E-state index < -0.39 is 0 Å². The maximum Gasteiger partial charge on any atom is 0.252 e. The summed E-state index contributed by atoms with van der Waals surface area (Å²) in [6.45, 7) is 43.0. The topological polar surface area (TPSA) is 9.72 Å². The lowest BCUT2D eigenvalue weighted by Gasteiger charge is -2.53. The smallest absolute Gasteiger partial charge is 0.252 e. The third kappa shape index (κ3) is 7.63. The number of hydrogen-bond donors (Lipinski definition) is 0. The molecule has 4 heteroatoms. The van der Waals surface area contributed by atoms with Crippen molar-refractivity contribution in [3.8, 4) is 0 Å². The molecule has 0 bridgehead atoms. The largest absolute Gasteiger partial charge is 0.334 e. The zero-order valence-corrected chi connectivity index (χ0v) is 55.0. The van der Waals surface area contributed by atoms with Gasteiger partial charge in [0.1, 0.15) is 0 Å². The average molecular weight is 1120 g/mol. The number of nitrogens with zero attached hydrogens (tertiary/aromatic N) is 3. The normalized spacial score (nSPS) is 25.7. The van der Waals surface area contributed by atoms with Gasteiger partial charge in [0.2, 0.25) is 0 Å². The van der Waals surface area contributed by atoms with Gasteiger partial charge in [-0.05, 0) is 241 Å². The van der Waals surface area contributed by atoms with Crippen LogP contribution in [-0.2, 0) is 48.7 Å². The van der Waals surface area contributed by atoms with Gasteiger partial charge in [-0.15, -0.1) is 0 Å². The van der Waals surface area contributed by atoms with Gasteiger partial charge in [-0.25, -0.2) is 0 Å². The van der Waals surface area contributed by atoms with Gasteiger partial charge in [0.05, 0.1) is 5.54 Å². The molecule has 0 radical (unpaired) electrons. The van der Waals surface area contributed by atoms with Crippen molar-refractivity contribution in [2.75, 3.05) is 14.7 Å². The van der Waals surface area contributed by atoms with Crippen molar-refractivity contribution in [3.05, 3.63) is 183 Å². The first kappa shape index (κ1) is 55.6. The molecule has 3 nitrogen and oxygen atoms in total. The summed E-state index contributed by atoms with van der Waals surface area (Å²) >= 11 is 0. The second kappa shape index (κ2) is 17.6. The molecule has 1 saturated carbocycles. The average Bonchev–Trinajstić information content (AvgIpc) is 1.69. The summed E-state index contributed by atoms with van der Waals surface area (Å²) in [6, 6.07) is 53.4. The molecule has 3 aliphatic heterocycles. The maximum absolute atomic E-state index is 2.90. The Morgan fingerprint density at radius 2 is 0.671 bits per heavy atom. The van der Waals surface area contributed by atoms with Gasteiger partial charge in [-0.1, -0.05) is 196 Å². The summed E-state index contributed by atoms with van der Waals surface area (Å²) in [5, 5.41) is 0. The lowest BCUT2D eigenvalue weighted by atomic mass is 9.32. The highest BCUT2D eigenvalue weighted by Gasteiger charge is 2.62. The SMILES string of the molecule is CC1(C)CCC(C)(C)c2cc(N3c4cc5c(cc4B4c6cc7c(cc6N(c6ccc8c(c6)C(C)(C)CCC8(C)C)c6cc(N8c9ccccc9C9(c%10ccccc%10)CCCCC89C)cc3c64)C(C)(C)CCC7(C)C)C(C)(C)CCC5(C)C)ccc21. The van der Waals surface area contributed by atoms with Gasteiger partial charge in [-0.3, -0.25) is 0 Å². The molecular formula is C81H96BN3. The lowest BCUT2D eigenvalue weighted by Crippen LogP contribution is -2.62. The maximum atomic E-state index is 2.90. The van der Waals surface area contributed by atoms with Gasteiger partial charge in [-0.2, -0.15) is 0 Å². The standard InChI is InChI=1S/C81H96BN3/c1-72(2)35-37-74(5,6)58-43-52(29-31-55(58)72)83-67-49-62-60(76(9,10)39-41-78(62,13)14)47-64(67)82-65-48-61-63(79(15,16)42-40-77(61,11)12)50-68(65)84(53-30-32-56-59(44-53)75(7,8)38-36-73(56,3)4)70-46-54(45-69(83)71(70)82)85-66-28-22-21-27-57(66)81(51-25-19-18-20-26-51)34-24-23-33-80(81,85)17/h18-22,25-32,43-50H,23-24,33-42H2,1-17H3. The van der Waals surface area contributed by atoms with Crippen LogP contribution >= 0.6 is 0 Å². The molecule has 0 saturated heterocycles. The summed E-state index contributed by atoms with van der Waals surface area (Å²) in [7, 11) is 0. The molecule has 0 amide bonds. The summed E-state index contributed by atoms with van der Waals surface area (Å²) in [5.41, 5.74) is 29.9. The Kier molecular flexibility index (Phi) is 11.5. The predicted molar refractivity (Wildman–Crippen MR) is 364 cm³/mol. The van der Waals surface area contributed by atoms with E-state index in [2.05, 4.69) is 260 Å². The molecular weight excluding hydrogens is 1030 g/mol. The lowest BCUT2D eigenvalue weighted by molar-refractivity contribution is 0.215. The van der Waals surface area contributed by atoms with Crippen LogP contribution < -0.4 is 31.1 Å². The Hall–Kier alpha value is -6.00. The van der Waals surface area contributed by atoms with Crippen molar-refractivity contribution in [2.45, 2.75) is 249 Å². The van der Waals surface area contributed by atoms with Crippen LogP contribution in [0.3, 0.4) is 0 Å². The van der Waals surface area contributed by atoms with Crippen molar-refractivity contribution in [1.82, 2.24) is 0 Å². The predicted octanol–water partition coefficient (Wildman–Crippen LogP) is 19.9. The molecule has 5 aliphatic carbocycles.